The SMILES string of the molecule is CCOc1ccc(-c2cc(C(=O)NN=C(C)c3ccc(CC)cc3)c3cc(C)ccc3n2)cc1. The quantitative estimate of drug-likeness (QED) is 0.264. The number of benzene rings is 3. The lowest BCUT2D eigenvalue weighted by molar-refractivity contribution is 0.0956. The van der Waals surface area contributed by atoms with E-state index < -0.39 is 0 Å². The van der Waals surface area contributed by atoms with Gasteiger partial charge in [-0.15, -0.1) is 0 Å². The van der Waals surface area contributed by atoms with Crippen molar-refractivity contribution in [3.05, 3.63) is 95.1 Å². The minimum Gasteiger partial charge on any atom is -0.494 e. The van der Waals surface area contributed by atoms with Crippen LogP contribution in [0, 0.1) is 6.92 Å². The molecule has 3 aromatic carbocycles. The van der Waals surface area contributed by atoms with Gasteiger partial charge in [0, 0.05) is 10.9 Å². The van der Waals surface area contributed by atoms with Gasteiger partial charge in [-0.2, -0.15) is 5.10 Å². The van der Waals surface area contributed by atoms with Crippen LogP contribution in [0.1, 0.15) is 47.8 Å². The van der Waals surface area contributed by atoms with E-state index in [0.717, 1.165) is 51.2 Å². The molecule has 1 aromatic heterocycles. The van der Waals surface area contributed by atoms with E-state index in [1.54, 1.807) is 0 Å². The van der Waals surface area contributed by atoms with E-state index in [1.807, 2.05) is 81.4 Å². The maximum absolute atomic E-state index is 13.3. The van der Waals surface area contributed by atoms with Crippen LogP contribution in [-0.2, 0) is 6.42 Å². The lowest BCUT2D eigenvalue weighted by atomic mass is 10.0. The van der Waals surface area contributed by atoms with E-state index in [9.17, 15) is 4.79 Å². The Morgan fingerprint density at radius 3 is 2.38 bits per heavy atom. The fraction of sp³-hybridized carbons (Fsp3) is 0.207. The van der Waals surface area contributed by atoms with Crippen molar-refractivity contribution in [2.45, 2.75) is 34.1 Å². The first-order valence-electron chi connectivity index (χ1n) is 11.6. The van der Waals surface area contributed by atoms with Crippen molar-refractivity contribution in [2.75, 3.05) is 6.61 Å². The van der Waals surface area contributed by atoms with Crippen molar-refractivity contribution in [3.63, 3.8) is 0 Å². The molecular formula is C29H29N3O2. The zero-order valence-corrected chi connectivity index (χ0v) is 20.1. The third-order valence-electron chi connectivity index (χ3n) is 5.78. The number of nitrogens with zero attached hydrogens (tertiary/aromatic N) is 2. The largest absolute Gasteiger partial charge is 0.494 e. The number of nitrogens with one attached hydrogen (secondary N) is 1. The van der Waals surface area contributed by atoms with E-state index in [-0.39, 0.29) is 5.91 Å². The maximum Gasteiger partial charge on any atom is 0.272 e. The van der Waals surface area contributed by atoms with E-state index >= 15 is 0 Å². The normalized spacial score (nSPS) is 11.5. The van der Waals surface area contributed by atoms with E-state index in [1.165, 1.54) is 5.56 Å². The molecule has 0 fully saturated rings. The highest BCUT2D eigenvalue weighted by Crippen LogP contribution is 2.27. The van der Waals surface area contributed by atoms with Gasteiger partial charge in [-0.3, -0.25) is 4.79 Å². The molecule has 0 aliphatic heterocycles. The highest BCUT2D eigenvalue weighted by Gasteiger charge is 2.15. The molecule has 1 N–H and O–H groups in total. The number of aromatic nitrogens is 1. The molecule has 0 radical (unpaired) electrons. The summed E-state index contributed by atoms with van der Waals surface area (Å²) >= 11 is 0. The van der Waals surface area contributed by atoms with Crippen molar-refractivity contribution >= 4 is 22.5 Å². The summed E-state index contributed by atoms with van der Waals surface area (Å²) in [5, 5.41) is 5.17. The van der Waals surface area contributed by atoms with Crippen LogP contribution in [-0.4, -0.2) is 23.2 Å². The van der Waals surface area contributed by atoms with Crippen molar-refractivity contribution < 1.29 is 9.53 Å². The molecule has 5 nitrogen and oxygen atoms in total. The lowest BCUT2D eigenvalue weighted by Gasteiger charge is -2.11. The molecule has 0 atom stereocenters. The first-order valence-corrected chi connectivity index (χ1v) is 11.6. The van der Waals surface area contributed by atoms with Gasteiger partial charge in [0.05, 0.1) is 29.1 Å². The number of hydrogen-bond acceptors (Lipinski definition) is 4. The molecule has 0 spiro atoms. The number of ether oxygens (including phenoxy) is 1. The zero-order chi connectivity index (χ0) is 24.1. The van der Waals surface area contributed by atoms with Gasteiger partial charge < -0.3 is 4.74 Å². The van der Waals surface area contributed by atoms with Crippen molar-refractivity contribution in [1.29, 1.82) is 0 Å². The standard InChI is InChI=1S/C29H29N3O2/c1-5-21-8-10-22(11-9-21)20(4)31-32-29(33)26-18-28(23-12-14-24(15-13-23)34-6-2)30-27-16-7-19(3)17-25(26)27/h7-18H,5-6H2,1-4H3,(H,32,33). The van der Waals surface area contributed by atoms with Gasteiger partial charge in [-0.1, -0.05) is 42.8 Å². The van der Waals surface area contributed by atoms with E-state index in [4.69, 9.17) is 9.72 Å². The van der Waals surface area contributed by atoms with Crippen molar-refractivity contribution in [1.82, 2.24) is 10.4 Å². The Kier molecular flexibility index (Phi) is 7.02. The Morgan fingerprint density at radius 1 is 0.971 bits per heavy atom. The smallest absolute Gasteiger partial charge is 0.272 e. The Hall–Kier alpha value is -3.99. The summed E-state index contributed by atoms with van der Waals surface area (Å²) in [6, 6.07) is 23.7. The van der Waals surface area contributed by atoms with E-state index in [2.05, 4.69) is 29.6 Å². The third-order valence-corrected chi connectivity index (χ3v) is 5.78. The van der Waals surface area contributed by atoms with Crippen LogP contribution in [0.25, 0.3) is 22.2 Å². The van der Waals surface area contributed by atoms with Crippen LogP contribution < -0.4 is 10.2 Å². The molecule has 172 valence electrons. The van der Waals surface area contributed by atoms with E-state index in [0.29, 0.717) is 12.2 Å². The number of pyridine rings is 1. The second-order valence-corrected chi connectivity index (χ2v) is 8.22. The third kappa shape index (κ3) is 5.15. The molecule has 0 unspecified atom stereocenters. The fourth-order valence-electron chi connectivity index (χ4n) is 3.81. The first-order chi connectivity index (χ1) is 16.5. The Bertz CT molecular complexity index is 1340. The summed E-state index contributed by atoms with van der Waals surface area (Å²) in [5.41, 5.74) is 9.73. The van der Waals surface area contributed by atoms with Crippen LogP contribution in [0.2, 0.25) is 0 Å². The number of carbonyl (C=O) groups is 1. The zero-order valence-electron chi connectivity index (χ0n) is 20.1. The van der Waals surface area contributed by atoms with Gasteiger partial charge in [0.15, 0.2) is 0 Å². The van der Waals surface area contributed by atoms with Crippen LogP contribution in [0.15, 0.2) is 77.9 Å². The number of hydrogen-bond donors (Lipinski definition) is 1. The highest BCUT2D eigenvalue weighted by molar-refractivity contribution is 6.08. The van der Waals surface area contributed by atoms with Gasteiger partial charge >= 0.3 is 0 Å². The summed E-state index contributed by atoms with van der Waals surface area (Å²) in [7, 11) is 0. The molecule has 4 rings (SSSR count). The maximum atomic E-state index is 13.3. The molecule has 34 heavy (non-hydrogen) atoms. The second-order valence-electron chi connectivity index (χ2n) is 8.22. The molecule has 0 saturated carbocycles. The van der Waals surface area contributed by atoms with Crippen LogP contribution in [0.5, 0.6) is 5.75 Å². The average molecular weight is 452 g/mol. The number of aryl methyl sites for hydroxylation is 2. The summed E-state index contributed by atoms with van der Waals surface area (Å²) in [6.45, 7) is 8.58. The summed E-state index contributed by atoms with van der Waals surface area (Å²) in [6.07, 6.45) is 0.985. The van der Waals surface area contributed by atoms with Gasteiger partial charge in [-0.05, 0) is 80.8 Å². The predicted molar refractivity (Wildman–Crippen MR) is 139 cm³/mol. The van der Waals surface area contributed by atoms with Crippen LogP contribution >= 0.6 is 0 Å². The Balaban J connectivity index is 1.68. The van der Waals surface area contributed by atoms with Gasteiger partial charge in [0.25, 0.3) is 5.91 Å². The van der Waals surface area contributed by atoms with Gasteiger partial charge in [0.1, 0.15) is 5.75 Å². The van der Waals surface area contributed by atoms with Crippen molar-refractivity contribution in [2.24, 2.45) is 5.10 Å². The molecule has 4 aromatic rings. The second kappa shape index (κ2) is 10.3. The summed E-state index contributed by atoms with van der Waals surface area (Å²) in [5.74, 6) is 0.534. The van der Waals surface area contributed by atoms with Gasteiger partial charge in [-0.25, -0.2) is 10.4 Å². The number of carbonyl (C=O) groups excluding carboxylic acids is 1. The fourth-order valence-corrected chi connectivity index (χ4v) is 3.81. The molecule has 0 bridgehead atoms. The molecule has 1 heterocycles. The van der Waals surface area contributed by atoms with Crippen molar-refractivity contribution in [3.8, 4) is 17.0 Å². The van der Waals surface area contributed by atoms with Gasteiger partial charge in [0.2, 0.25) is 0 Å². The lowest BCUT2D eigenvalue weighted by Crippen LogP contribution is -2.20. The molecule has 5 heteroatoms. The summed E-state index contributed by atoms with van der Waals surface area (Å²) < 4.78 is 5.55. The molecular weight excluding hydrogens is 422 g/mol. The number of rotatable bonds is 7. The Morgan fingerprint density at radius 2 is 1.71 bits per heavy atom. The molecule has 0 saturated heterocycles. The average Bonchev–Trinajstić information content (AvgIpc) is 2.87. The minimum absolute atomic E-state index is 0.269. The number of hydrazone groups is 1. The predicted octanol–water partition coefficient (Wildman–Crippen LogP) is 6.33. The minimum atomic E-state index is -0.269. The topological polar surface area (TPSA) is 63.6 Å². The summed E-state index contributed by atoms with van der Waals surface area (Å²) in [4.78, 5) is 18.1. The molecule has 0 aliphatic carbocycles. The first kappa shape index (κ1) is 23.2. The number of fused-ring (bicyclic) bond motifs is 1. The number of amides is 1. The van der Waals surface area contributed by atoms with Crippen LogP contribution in [0.4, 0.5) is 0 Å². The molecule has 1 amide bonds. The van der Waals surface area contributed by atoms with Crippen LogP contribution in [0.3, 0.4) is 0 Å². The Labute approximate surface area is 200 Å². The molecule has 0 aliphatic rings. The monoisotopic (exact) mass is 451 g/mol. The highest BCUT2D eigenvalue weighted by atomic mass is 16.5.